The molecule has 1 aromatic heterocycles. The molecule has 4 rings (SSSR count). The summed E-state index contributed by atoms with van der Waals surface area (Å²) in [4.78, 5) is 39.9. The largest absolute Gasteiger partial charge is 0.497 e. The van der Waals surface area contributed by atoms with Gasteiger partial charge in [-0.1, -0.05) is 24.2 Å². The maximum absolute atomic E-state index is 13.0. The van der Waals surface area contributed by atoms with Gasteiger partial charge in [0, 0.05) is 12.5 Å². The molecular weight excluding hydrogens is 420 g/mol. The number of benzene rings is 1. The van der Waals surface area contributed by atoms with Crippen molar-refractivity contribution >= 4 is 18.3 Å². The molecule has 2 aliphatic rings. The number of hydrogen-bond donors (Lipinski definition) is 2. The van der Waals surface area contributed by atoms with Crippen LogP contribution in [0.15, 0.2) is 28.8 Å². The van der Waals surface area contributed by atoms with Crippen LogP contribution in [0.5, 0.6) is 5.75 Å². The lowest BCUT2D eigenvalue weighted by Gasteiger charge is -2.40. The number of rotatable bonds is 7. The molecule has 32 heavy (non-hydrogen) atoms. The van der Waals surface area contributed by atoms with Crippen molar-refractivity contribution in [3.63, 3.8) is 0 Å². The van der Waals surface area contributed by atoms with Gasteiger partial charge in [-0.3, -0.25) is 14.4 Å². The molecule has 2 aromatic rings. The van der Waals surface area contributed by atoms with Gasteiger partial charge in [-0.25, -0.2) is 0 Å². The topological polar surface area (TPSA) is 144 Å². The lowest BCUT2D eigenvalue weighted by atomic mass is 9.96. The van der Waals surface area contributed by atoms with E-state index in [1.165, 1.54) is 0 Å². The Morgan fingerprint density at radius 3 is 2.59 bits per heavy atom. The first-order valence-electron chi connectivity index (χ1n) is 10.3. The average Bonchev–Trinajstić information content (AvgIpc) is 3.54. The molecule has 11 nitrogen and oxygen atoms in total. The van der Waals surface area contributed by atoms with E-state index in [1.807, 2.05) is 31.2 Å². The van der Waals surface area contributed by atoms with E-state index >= 15 is 0 Å². The van der Waals surface area contributed by atoms with Gasteiger partial charge in [-0.05, 0) is 30.5 Å². The SMILES string of the molecule is CCc1noc(CNC(=O)[C@H]2OCC(=O)N(C3CC3)[C@@H]2c2ccc(OC)cc2)n1.O=CO. The van der Waals surface area contributed by atoms with Crippen molar-refractivity contribution < 1.29 is 33.5 Å². The fourth-order valence-corrected chi connectivity index (χ4v) is 3.54. The highest BCUT2D eigenvalue weighted by molar-refractivity contribution is 5.86. The summed E-state index contributed by atoms with van der Waals surface area (Å²) in [6, 6.07) is 7.03. The van der Waals surface area contributed by atoms with Crippen LogP contribution in [0.4, 0.5) is 0 Å². The summed E-state index contributed by atoms with van der Waals surface area (Å²) in [6.07, 6.45) is 1.71. The highest BCUT2D eigenvalue weighted by atomic mass is 16.5. The van der Waals surface area contributed by atoms with Crippen LogP contribution in [0.25, 0.3) is 0 Å². The third-order valence-corrected chi connectivity index (χ3v) is 5.16. The van der Waals surface area contributed by atoms with Crippen LogP contribution in [0.2, 0.25) is 0 Å². The Hall–Kier alpha value is -3.47. The summed E-state index contributed by atoms with van der Waals surface area (Å²) in [5, 5.41) is 13.5. The number of morpholine rings is 1. The molecule has 2 N–H and O–H groups in total. The lowest BCUT2D eigenvalue weighted by Crippen LogP contribution is -2.55. The first kappa shape index (κ1) is 23.2. The van der Waals surface area contributed by atoms with E-state index in [0.717, 1.165) is 18.4 Å². The minimum Gasteiger partial charge on any atom is -0.497 e. The van der Waals surface area contributed by atoms with E-state index in [4.69, 9.17) is 23.9 Å². The summed E-state index contributed by atoms with van der Waals surface area (Å²) < 4.78 is 16.0. The first-order chi connectivity index (χ1) is 15.5. The van der Waals surface area contributed by atoms with Gasteiger partial charge in [-0.15, -0.1) is 0 Å². The number of carboxylic acid groups (broad SMARTS) is 1. The second kappa shape index (κ2) is 10.7. The van der Waals surface area contributed by atoms with Gasteiger partial charge >= 0.3 is 0 Å². The Labute approximate surface area is 184 Å². The molecule has 2 atom stereocenters. The van der Waals surface area contributed by atoms with Crippen LogP contribution >= 0.6 is 0 Å². The average molecular weight is 446 g/mol. The van der Waals surface area contributed by atoms with Crippen LogP contribution in [0, 0.1) is 0 Å². The normalized spacial score (nSPS) is 20.2. The highest BCUT2D eigenvalue weighted by Gasteiger charge is 2.47. The monoisotopic (exact) mass is 446 g/mol. The molecule has 2 amide bonds. The van der Waals surface area contributed by atoms with E-state index < -0.39 is 12.1 Å². The Kier molecular flexibility index (Phi) is 7.77. The maximum Gasteiger partial charge on any atom is 0.290 e. The second-order valence-corrected chi connectivity index (χ2v) is 7.26. The summed E-state index contributed by atoms with van der Waals surface area (Å²) in [5.74, 6) is 1.22. The number of amides is 2. The second-order valence-electron chi connectivity index (χ2n) is 7.26. The number of methoxy groups -OCH3 is 1. The molecule has 1 aliphatic heterocycles. The van der Waals surface area contributed by atoms with Crippen molar-refractivity contribution in [1.29, 1.82) is 0 Å². The highest BCUT2D eigenvalue weighted by Crippen LogP contribution is 2.39. The summed E-state index contributed by atoms with van der Waals surface area (Å²) >= 11 is 0. The van der Waals surface area contributed by atoms with Crippen molar-refractivity contribution in [1.82, 2.24) is 20.4 Å². The van der Waals surface area contributed by atoms with Crippen LogP contribution in [0.3, 0.4) is 0 Å². The molecule has 1 aliphatic carbocycles. The Morgan fingerprint density at radius 2 is 2.03 bits per heavy atom. The van der Waals surface area contributed by atoms with Crippen LogP contribution in [-0.2, 0) is 32.1 Å². The predicted octanol–water partition coefficient (Wildman–Crippen LogP) is 1.09. The zero-order chi connectivity index (χ0) is 23.1. The van der Waals surface area contributed by atoms with E-state index in [-0.39, 0.29) is 37.5 Å². The molecule has 1 saturated heterocycles. The predicted molar refractivity (Wildman–Crippen MR) is 110 cm³/mol. The first-order valence-corrected chi connectivity index (χ1v) is 10.3. The zero-order valence-electron chi connectivity index (χ0n) is 17.9. The quantitative estimate of drug-likeness (QED) is 0.597. The van der Waals surface area contributed by atoms with E-state index in [2.05, 4.69) is 15.5 Å². The smallest absolute Gasteiger partial charge is 0.290 e. The third kappa shape index (κ3) is 5.41. The Morgan fingerprint density at radius 1 is 1.34 bits per heavy atom. The number of nitrogens with one attached hydrogen (secondary N) is 1. The fourth-order valence-electron chi connectivity index (χ4n) is 3.54. The number of carbonyl (C=O) groups is 3. The van der Waals surface area contributed by atoms with Gasteiger partial charge in [0.15, 0.2) is 11.9 Å². The van der Waals surface area contributed by atoms with Crippen LogP contribution in [0.1, 0.15) is 43.1 Å². The van der Waals surface area contributed by atoms with Gasteiger partial charge in [-0.2, -0.15) is 4.98 Å². The number of carbonyl (C=O) groups excluding carboxylic acids is 2. The van der Waals surface area contributed by atoms with Crippen LogP contribution in [-0.4, -0.2) is 64.3 Å². The molecule has 172 valence electrons. The number of aryl methyl sites for hydroxylation is 1. The molecule has 0 bridgehead atoms. The summed E-state index contributed by atoms with van der Waals surface area (Å²) in [7, 11) is 1.59. The summed E-state index contributed by atoms with van der Waals surface area (Å²) in [6.45, 7) is 1.67. The molecule has 11 heteroatoms. The van der Waals surface area contributed by atoms with Crippen molar-refractivity contribution in [2.24, 2.45) is 0 Å². The maximum atomic E-state index is 13.0. The van der Waals surface area contributed by atoms with Gasteiger partial charge in [0.05, 0.1) is 19.7 Å². The van der Waals surface area contributed by atoms with Crippen LogP contribution < -0.4 is 10.1 Å². The number of nitrogens with zero attached hydrogens (tertiary/aromatic N) is 3. The van der Waals surface area contributed by atoms with Crippen molar-refractivity contribution in [3.8, 4) is 5.75 Å². The van der Waals surface area contributed by atoms with Crippen molar-refractivity contribution in [2.75, 3.05) is 13.7 Å². The fraction of sp³-hybridized carbons (Fsp3) is 0.476. The molecule has 0 radical (unpaired) electrons. The Balaban J connectivity index is 0.000000913. The minimum absolute atomic E-state index is 0.0955. The molecule has 1 saturated carbocycles. The van der Waals surface area contributed by atoms with E-state index in [9.17, 15) is 9.59 Å². The molecular formula is C21H26N4O7. The lowest BCUT2D eigenvalue weighted by molar-refractivity contribution is -0.165. The molecule has 2 heterocycles. The minimum atomic E-state index is -0.824. The molecule has 2 fully saturated rings. The van der Waals surface area contributed by atoms with Gasteiger partial charge in [0.1, 0.15) is 12.4 Å². The number of aromatic nitrogens is 2. The molecule has 0 unspecified atom stereocenters. The Bertz CT molecular complexity index is 926. The van der Waals surface area contributed by atoms with Gasteiger partial charge in [0.25, 0.3) is 12.4 Å². The third-order valence-electron chi connectivity index (χ3n) is 5.16. The number of ether oxygens (including phenoxy) is 2. The number of hydrogen-bond acceptors (Lipinski definition) is 8. The van der Waals surface area contributed by atoms with E-state index in [0.29, 0.717) is 23.9 Å². The zero-order valence-corrected chi connectivity index (χ0v) is 17.9. The van der Waals surface area contributed by atoms with Gasteiger partial charge in [0.2, 0.25) is 11.8 Å². The van der Waals surface area contributed by atoms with Crippen molar-refractivity contribution in [2.45, 2.75) is 50.9 Å². The standard InChI is InChI=1S/C20H24N4O5.CH2O2/c1-3-15-22-16(29-23-15)10-21-20(26)19-18(12-4-8-14(27-2)9-5-12)24(13-6-7-13)17(25)11-28-19;2-1-3/h4-5,8-9,13,18-19H,3,6-7,10-11H2,1-2H3,(H,21,26);1H,(H,2,3)/t18-,19+;/m1./s1. The van der Waals surface area contributed by atoms with E-state index in [1.54, 1.807) is 12.0 Å². The molecule has 0 spiro atoms. The van der Waals surface area contributed by atoms with Crippen molar-refractivity contribution in [3.05, 3.63) is 41.5 Å². The summed E-state index contributed by atoms with van der Waals surface area (Å²) in [5.41, 5.74) is 0.831. The van der Waals surface area contributed by atoms with Gasteiger partial charge < -0.3 is 29.3 Å². The molecule has 1 aromatic carbocycles.